The normalized spacial score (nSPS) is 19.1. The summed E-state index contributed by atoms with van der Waals surface area (Å²) in [5.41, 5.74) is 0. The second-order valence-corrected chi connectivity index (χ2v) is 15.3. The van der Waals surface area contributed by atoms with Crippen molar-refractivity contribution >= 4 is 0 Å². The molecule has 1 rings (SSSR count). The molecule has 1 aliphatic carbocycles. The third-order valence-electron chi connectivity index (χ3n) is 10.4. The van der Waals surface area contributed by atoms with E-state index in [0.717, 1.165) is 44.9 Å². The van der Waals surface area contributed by atoms with Crippen LogP contribution in [-0.2, 0) is 4.74 Å². The van der Waals surface area contributed by atoms with Crippen LogP contribution in [0.1, 0.15) is 201 Å². The van der Waals surface area contributed by atoms with Crippen LogP contribution >= 0.6 is 0 Å². The molecular weight excluding hydrogens is 587 g/mol. The van der Waals surface area contributed by atoms with E-state index in [1.165, 1.54) is 135 Å². The third kappa shape index (κ3) is 25.8. The largest absolute Gasteiger partial charge is 0.365 e. The minimum atomic E-state index is -0.954. The predicted octanol–water partition coefficient (Wildman–Crippen LogP) is 13.8. The highest BCUT2D eigenvalue weighted by Gasteiger charge is 2.39. The molecule has 0 spiro atoms. The van der Waals surface area contributed by atoms with E-state index in [1.807, 2.05) is 0 Å². The van der Waals surface area contributed by atoms with Gasteiger partial charge in [0, 0.05) is 18.9 Å². The van der Waals surface area contributed by atoms with Crippen LogP contribution in [0.15, 0.2) is 48.6 Å². The van der Waals surface area contributed by atoms with Gasteiger partial charge in [-0.1, -0.05) is 146 Å². The fourth-order valence-corrected chi connectivity index (χ4v) is 7.07. The first-order valence-corrected chi connectivity index (χ1v) is 21.1. The molecule has 0 radical (unpaired) electrons. The Kier molecular flexibility index (Phi) is 29.7. The lowest BCUT2D eigenvalue weighted by Crippen LogP contribution is -2.38. The molecule has 0 aromatic carbocycles. The van der Waals surface area contributed by atoms with Crippen LogP contribution in [0, 0.1) is 5.92 Å². The zero-order valence-electron chi connectivity index (χ0n) is 33.0. The molecule has 1 saturated carbocycles. The van der Waals surface area contributed by atoms with Crippen molar-refractivity contribution in [3.8, 4) is 0 Å². The van der Waals surface area contributed by atoms with E-state index in [2.05, 4.69) is 88.4 Å². The van der Waals surface area contributed by atoms with Gasteiger partial charge in [0.15, 0.2) is 5.79 Å². The number of ether oxygens (including phenoxy) is 1. The molecule has 0 amide bonds. The number of nitrogens with zero attached hydrogens (tertiary/aromatic N) is 1. The molecule has 1 fully saturated rings. The summed E-state index contributed by atoms with van der Waals surface area (Å²) in [5, 5.41) is 11.8. The second kappa shape index (κ2) is 31.8. The first-order valence-electron chi connectivity index (χ1n) is 21.1. The van der Waals surface area contributed by atoms with Crippen molar-refractivity contribution in [2.75, 3.05) is 14.1 Å². The number of unbranched alkanes of at least 4 members (excludes halogenated alkanes) is 18. The summed E-state index contributed by atoms with van der Waals surface area (Å²) >= 11 is 0. The Morgan fingerprint density at radius 1 is 0.542 bits per heavy atom. The lowest BCUT2D eigenvalue weighted by Gasteiger charge is -2.33. The first kappa shape index (κ1) is 44.9. The Labute approximate surface area is 301 Å². The Balaban J connectivity index is 2.26. The van der Waals surface area contributed by atoms with Crippen LogP contribution in [0.4, 0.5) is 0 Å². The van der Waals surface area contributed by atoms with Gasteiger partial charge in [0.2, 0.25) is 0 Å². The first-order chi connectivity index (χ1) is 23.4. The fourth-order valence-electron chi connectivity index (χ4n) is 7.07. The monoisotopic (exact) mass is 670 g/mol. The summed E-state index contributed by atoms with van der Waals surface area (Å²) in [6.45, 7) is 6.84. The van der Waals surface area contributed by atoms with E-state index in [4.69, 9.17) is 4.74 Å². The van der Waals surface area contributed by atoms with Gasteiger partial charge < -0.3 is 14.7 Å². The van der Waals surface area contributed by atoms with Crippen molar-refractivity contribution in [2.45, 2.75) is 218 Å². The minimum Gasteiger partial charge on any atom is -0.365 e. The predicted molar refractivity (Wildman–Crippen MR) is 214 cm³/mol. The van der Waals surface area contributed by atoms with Crippen molar-refractivity contribution in [3.63, 3.8) is 0 Å². The van der Waals surface area contributed by atoms with E-state index in [-0.39, 0.29) is 6.10 Å². The maximum Gasteiger partial charge on any atom is 0.165 e. The van der Waals surface area contributed by atoms with Crippen molar-refractivity contribution in [3.05, 3.63) is 48.6 Å². The fraction of sp³-hybridized carbons (Fsp3) is 0.822. The molecule has 0 aromatic heterocycles. The molecule has 0 aromatic rings. The Hall–Kier alpha value is -1.16. The Morgan fingerprint density at radius 3 is 1.29 bits per heavy atom. The Morgan fingerprint density at radius 2 is 0.917 bits per heavy atom. The van der Waals surface area contributed by atoms with Gasteiger partial charge in [-0.05, 0) is 110 Å². The van der Waals surface area contributed by atoms with Crippen molar-refractivity contribution < 1.29 is 9.84 Å². The van der Waals surface area contributed by atoms with E-state index >= 15 is 0 Å². The van der Waals surface area contributed by atoms with Crippen LogP contribution in [0.3, 0.4) is 0 Å². The summed E-state index contributed by atoms with van der Waals surface area (Å²) < 4.78 is 6.64. The molecule has 1 N–H and O–H groups in total. The molecule has 1 aliphatic rings. The molecule has 3 heteroatoms. The van der Waals surface area contributed by atoms with E-state index in [0.29, 0.717) is 12.0 Å². The highest BCUT2D eigenvalue weighted by Crippen LogP contribution is 2.36. The maximum absolute atomic E-state index is 11.8. The number of aliphatic hydroxyl groups is 1. The standard InChI is InChI=1S/C45H83NO2/c1-6-8-10-12-14-16-18-20-22-24-26-28-30-32-34-36-38-45(47,48-44-41-43(46(4)5)40-42(44)3)39-37-35-33-31-29-27-25-23-21-19-17-15-13-11-9-7-2/h14-17,20-23,42-44,47H,6-13,18-19,24-41H2,1-5H3/b16-14-,17-15-,22-20-,23-21-/t42-,43-,44+/m1/s1. The smallest absolute Gasteiger partial charge is 0.165 e. The molecule has 0 aliphatic heterocycles. The van der Waals surface area contributed by atoms with Crippen LogP contribution in [0.25, 0.3) is 0 Å². The average Bonchev–Trinajstić information content (AvgIpc) is 3.44. The SMILES string of the molecule is CCCCC/C=C\C/C=C\CCCCCCCCC(O)(CCCCCCCC/C=C\C/C=C\CCCCC)O[C@H]1C[C@H](N(C)C)C[C@H]1C. The van der Waals surface area contributed by atoms with Gasteiger partial charge in [0.05, 0.1) is 6.10 Å². The average molecular weight is 670 g/mol. The lowest BCUT2D eigenvalue weighted by molar-refractivity contribution is -0.244. The highest BCUT2D eigenvalue weighted by atomic mass is 16.6. The van der Waals surface area contributed by atoms with Gasteiger partial charge in [-0.25, -0.2) is 0 Å². The zero-order chi connectivity index (χ0) is 35.0. The molecule has 48 heavy (non-hydrogen) atoms. The number of hydrogen-bond acceptors (Lipinski definition) is 3. The Bertz CT molecular complexity index is 764. The summed E-state index contributed by atoms with van der Waals surface area (Å²) in [7, 11) is 4.36. The van der Waals surface area contributed by atoms with Gasteiger partial charge in [-0.3, -0.25) is 0 Å². The molecule has 0 heterocycles. The van der Waals surface area contributed by atoms with E-state index in [1.54, 1.807) is 0 Å². The number of rotatable bonds is 33. The zero-order valence-corrected chi connectivity index (χ0v) is 33.0. The molecule has 0 unspecified atom stereocenters. The quantitative estimate of drug-likeness (QED) is 0.0429. The molecule has 3 atom stereocenters. The van der Waals surface area contributed by atoms with E-state index < -0.39 is 5.79 Å². The van der Waals surface area contributed by atoms with E-state index in [9.17, 15) is 5.11 Å². The number of hydrogen-bond donors (Lipinski definition) is 1. The highest BCUT2D eigenvalue weighted by molar-refractivity contribution is 4.93. The summed E-state index contributed by atoms with van der Waals surface area (Å²) in [4.78, 5) is 2.34. The van der Waals surface area contributed by atoms with Gasteiger partial charge in [0.1, 0.15) is 0 Å². The summed E-state index contributed by atoms with van der Waals surface area (Å²) in [6.07, 6.45) is 52.7. The maximum atomic E-state index is 11.8. The van der Waals surface area contributed by atoms with Crippen LogP contribution in [0.5, 0.6) is 0 Å². The van der Waals surface area contributed by atoms with Gasteiger partial charge in [0.25, 0.3) is 0 Å². The third-order valence-corrected chi connectivity index (χ3v) is 10.4. The minimum absolute atomic E-state index is 0.177. The summed E-state index contributed by atoms with van der Waals surface area (Å²) in [6, 6.07) is 0.568. The molecule has 280 valence electrons. The van der Waals surface area contributed by atoms with Crippen molar-refractivity contribution in [1.29, 1.82) is 0 Å². The molecule has 0 bridgehead atoms. The molecule has 3 nitrogen and oxygen atoms in total. The van der Waals surface area contributed by atoms with Gasteiger partial charge >= 0.3 is 0 Å². The van der Waals surface area contributed by atoms with Gasteiger partial charge in [-0.15, -0.1) is 0 Å². The van der Waals surface area contributed by atoms with Crippen LogP contribution in [0.2, 0.25) is 0 Å². The van der Waals surface area contributed by atoms with Crippen molar-refractivity contribution in [1.82, 2.24) is 4.90 Å². The molecule has 0 saturated heterocycles. The van der Waals surface area contributed by atoms with Crippen LogP contribution in [-0.4, -0.2) is 42.0 Å². The summed E-state index contributed by atoms with van der Waals surface area (Å²) in [5.74, 6) is -0.444. The van der Waals surface area contributed by atoms with Crippen molar-refractivity contribution in [2.24, 2.45) is 5.92 Å². The van der Waals surface area contributed by atoms with Crippen LogP contribution < -0.4 is 0 Å². The topological polar surface area (TPSA) is 32.7 Å². The second-order valence-electron chi connectivity index (χ2n) is 15.3. The molecular formula is C45H83NO2. The van der Waals surface area contributed by atoms with Gasteiger partial charge in [-0.2, -0.15) is 0 Å². The number of allylic oxidation sites excluding steroid dienone is 8. The lowest BCUT2D eigenvalue weighted by atomic mass is 9.98.